The Morgan fingerprint density at radius 3 is 2.24 bits per heavy atom. The summed E-state index contributed by atoms with van der Waals surface area (Å²) >= 11 is 3.96. The SMILES string of the molecule is CCOP(=O)(OCC)C(=[N+]=[N-])C(=O)CCCS. The molecule has 0 N–H and O–H groups in total. The van der Waals surface area contributed by atoms with Gasteiger partial charge in [-0.25, -0.2) is 4.57 Å². The van der Waals surface area contributed by atoms with Crippen molar-refractivity contribution in [3.63, 3.8) is 0 Å². The van der Waals surface area contributed by atoms with Gasteiger partial charge in [-0.2, -0.15) is 17.4 Å². The summed E-state index contributed by atoms with van der Waals surface area (Å²) in [6.07, 6.45) is 0.590. The van der Waals surface area contributed by atoms with Crippen LogP contribution in [0, 0.1) is 0 Å². The van der Waals surface area contributed by atoms with Crippen molar-refractivity contribution in [3.8, 4) is 0 Å². The molecule has 0 aliphatic rings. The van der Waals surface area contributed by atoms with E-state index in [9.17, 15) is 9.36 Å². The molecule has 0 atom stereocenters. The zero-order valence-electron chi connectivity index (χ0n) is 9.96. The molecule has 0 unspecified atom stereocenters. The van der Waals surface area contributed by atoms with Crippen molar-refractivity contribution >= 4 is 31.5 Å². The third-order valence-electron chi connectivity index (χ3n) is 1.76. The van der Waals surface area contributed by atoms with Crippen LogP contribution in [0.1, 0.15) is 26.7 Å². The lowest BCUT2D eigenvalue weighted by Crippen LogP contribution is -2.19. The number of nitrogens with zero attached hydrogens (tertiary/aromatic N) is 2. The van der Waals surface area contributed by atoms with Crippen LogP contribution in [0.3, 0.4) is 0 Å². The second-order valence-electron chi connectivity index (χ2n) is 3.01. The number of hydrogen-bond donors (Lipinski definition) is 1. The molecule has 0 aliphatic carbocycles. The lowest BCUT2D eigenvalue weighted by Gasteiger charge is -2.11. The summed E-state index contributed by atoms with van der Waals surface area (Å²) in [5.74, 6) is -0.0374. The van der Waals surface area contributed by atoms with E-state index in [4.69, 9.17) is 14.6 Å². The summed E-state index contributed by atoms with van der Waals surface area (Å²) in [5.41, 5.74) is 8.26. The minimum absolute atomic E-state index is 0.0903. The maximum Gasteiger partial charge on any atom is 0.446 e. The monoisotopic (exact) mass is 280 g/mol. The molecule has 0 saturated carbocycles. The Hall–Kier alpha value is -0.450. The molecule has 0 rings (SSSR count). The molecule has 0 radical (unpaired) electrons. The molecule has 17 heavy (non-hydrogen) atoms. The Balaban J connectivity index is 4.99. The van der Waals surface area contributed by atoms with E-state index in [1.165, 1.54) is 0 Å². The molecule has 0 amide bonds. The van der Waals surface area contributed by atoms with Crippen LogP contribution in [0.25, 0.3) is 5.53 Å². The maximum absolute atomic E-state index is 12.2. The predicted octanol–water partition coefficient (Wildman–Crippen LogP) is 2.16. The van der Waals surface area contributed by atoms with E-state index in [2.05, 4.69) is 17.4 Å². The van der Waals surface area contributed by atoms with Crippen molar-refractivity contribution < 1.29 is 23.2 Å². The van der Waals surface area contributed by atoms with Gasteiger partial charge in [0.15, 0.2) is 0 Å². The van der Waals surface area contributed by atoms with Crippen molar-refractivity contribution in [1.29, 1.82) is 0 Å². The normalized spacial score (nSPS) is 11.0. The van der Waals surface area contributed by atoms with Crippen LogP contribution >= 0.6 is 20.2 Å². The van der Waals surface area contributed by atoms with E-state index in [0.717, 1.165) is 0 Å². The van der Waals surface area contributed by atoms with Gasteiger partial charge in [-0.05, 0) is 26.0 Å². The van der Waals surface area contributed by atoms with Gasteiger partial charge in [-0.15, -0.1) is 0 Å². The summed E-state index contributed by atoms with van der Waals surface area (Å²) in [6, 6.07) is 0. The second-order valence-corrected chi connectivity index (χ2v) is 5.39. The van der Waals surface area contributed by atoms with Crippen LogP contribution in [-0.4, -0.2) is 35.0 Å². The lowest BCUT2D eigenvalue weighted by molar-refractivity contribution is -0.116. The number of rotatable bonds is 9. The first-order chi connectivity index (χ1) is 8.05. The van der Waals surface area contributed by atoms with Crippen LogP contribution in [0.2, 0.25) is 0 Å². The molecule has 0 aliphatic heterocycles. The Morgan fingerprint density at radius 2 is 1.88 bits per heavy atom. The van der Waals surface area contributed by atoms with E-state index in [1.807, 2.05) is 0 Å². The number of carbonyl (C=O) groups is 1. The van der Waals surface area contributed by atoms with Gasteiger partial charge in [0.05, 0.1) is 13.2 Å². The summed E-state index contributed by atoms with van der Waals surface area (Å²) in [6.45, 7) is 3.41. The van der Waals surface area contributed by atoms with Crippen LogP contribution in [0.5, 0.6) is 0 Å². The highest BCUT2D eigenvalue weighted by molar-refractivity contribution is 7.80. The predicted molar refractivity (Wildman–Crippen MR) is 67.6 cm³/mol. The van der Waals surface area contributed by atoms with Crippen molar-refractivity contribution in [2.75, 3.05) is 19.0 Å². The zero-order chi connectivity index (χ0) is 13.3. The summed E-state index contributed by atoms with van der Waals surface area (Å²) in [4.78, 5) is 14.5. The fraction of sp³-hybridized carbons (Fsp3) is 0.778. The number of ketones is 1. The van der Waals surface area contributed by atoms with Crippen molar-refractivity contribution in [1.82, 2.24) is 0 Å². The fourth-order valence-electron chi connectivity index (χ4n) is 1.11. The average molecular weight is 280 g/mol. The first kappa shape index (κ1) is 16.6. The molecule has 0 aromatic heterocycles. The molecule has 0 aromatic rings. The van der Waals surface area contributed by atoms with Gasteiger partial charge in [-0.3, -0.25) is 4.79 Å². The number of hydrogen-bond acceptors (Lipinski definition) is 5. The molecule has 0 bridgehead atoms. The molecule has 98 valence electrons. The van der Waals surface area contributed by atoms with Gasteiger partial charge in [0.25, 0.3) is 5.78 Å². The molecular formula is C9H17N2O4PS. The summed E-state index contributed by atoms with van der Waals surface area (Å²) < 4.78 is 22.0. The van der Waals surface area contributed by atoms with Gasteiger partial charge in [0, 0.05) is 6.42 Å². The van der Waals surface area contributed by atoms with Crippen LogP contribution in [0.4, 0.5) is 0 Å². The van der Waals surface area contributed by atoms with Gasteiger partial charge >= 0.3 is 13.0 Å². The second kappa shape index (κ2) is 8.61. The van der Waals surface area contributed by atoms with Crippen LogP contribution in [0.15, 0.2) is 0 Å². The highest BCUT2D eigenvalue weighted by atomic mass is 32.1. The number of Topliss-reactive ketones (excluding diaryl/α,β-unsaturated/α-hetero) is 1. The minimum atomic E-state index is -3.80. The van der Waals surface area contributed by atoms with E-state index in [0.29, 0.717) is 12.2 Å². The van der Waals surface area contributed by atoms with Gasteiger partial charge in [0.2, 0.25) is 0 Å². The van der Waals surface area contributed by atoms with E-state index in [-0.39, 0.29) is 19.6 Å². The Morgan fingerprint density at radius 1 is 1.35 bits per heavy atom. The molecule has 0 aromatic carbocycles. The topological polar surface area (TPSA) is 89.0 Å². The molecular weight excluding hydrogens is 263 g/mol. The Labute approximate surface area is 106 Å². The van der Waals surface area contributed by atoms with Gasteiger partial charge in [-0.1, -0.05) is 0 Å². The van der Waals surface area contributed by atoms with Gasteiger partial charge in [0.1, 0.15) is 0 Å². The first-order valence-electron chi connectivity index (χ1n) is 5.31. The van der Waals surface area contributed by atoms with E-state index in [1.54, 1.807) is 13.8 Å². The molecule has 0 spiro atoms. The largest absolute Gasteiger partial charge is 0.446 e. The van der Waals surface area contributed by atoms with Crippen molar-refractivity contribution in [2.24, 2.45) is 0 Å². The van der Waals surface area contributed by atoms with Crippen LogP contribution in [-0.2, 0) is 18.4 Å². The minimum Gasteiger partial charge on any atom is -0.360 e. The average Bonchev–Trinajstić information content (AvgIpc) is 2.27. The molecule has 0 saturated heterocycles. The zero-order valence-corrected chi connectivity index (χ0v) is 11.7. The van der Waals surface area contributed by atoms with E-state index >= 15 is 0 Å². The number of carbonyl (C=O) groups excluding carboxylic acids is 1. The maximum atomic E-state index is 12.2. The first-order valence-corrected chi connectivity index (χ1v) is 7.49. The Bertz CT molecular complexity index is 345. The molecule has 0 fully saturated rings. The van der Waals surface area contributed by atoms with E-state index < -0.39 is 18.8 Å². The highest BCUT2D eigenvalue weighted by Crippen LogP contribution is 2.49. The van der Waals surface area contributed by atoms with Crippen molar-refractivity contribution in [2.45, 2.75) is 26.7 Å². The Kier molecular flexibility index (Phi) is 8.39. The highest BCUT2D eigenvalue weighted by Gasteiger charge is 2.44. The number of thiol groups is 1. The third kappa shape index (κ3) is 5.15. The van der Waals surface area contributed by atoms with Crippen molar-refractivity contribution in [3.05, 3.63) is 5.53 Å². The fourth-order valence-corrected chi connectivity index (χ4v) is 2.80. The molecule has 6 nitrogen and oxygen atoms in total. The lowest BCUT2D eigenvalue weighted by atomic mass is 10.2. The third-order valence-corrected chi connectivity index (χ3v) is 4.13. The van der Waals surface area contributed by atoms with Crippen LogP contribution < -0.4 is 0 Å². The molecule has 0 heterocycles. The standard InChI is InChI=1S/C9H17N2O4PS/c1-3-14-16(13,15-4-2)9(11-10)8(12)6-5-7-17/h17H,3-7H2,1-2H3. The quantitative estimate of drug-likeness (QED) is 0.230. The summed E-state index contributed by atoms with van der Waals surface area (Å²) in [7, 11) is -3.80. The summed E-state index contributed by atoms with van der Waals surface area (Å²) in [5, 5.41) is 0. The molecule has 8 heteroatoms. The van der Waals surface area contributed by atoms with Gasteiger partial charge < -0.3 is 14.6 Å². The smallest absolute Gasteiger partial charge is 0.360 e.